The fraction of sp³-hybridized carbons (Fsp3) is 1.00. The van der Waals surface area contributed by atoms with Crippen LogP contribution >= 0.6 is 0 Å². The van der Waals surface area contributed by atoms with Crippen LogP contribution in [0.5, 0.6) is 0 Å². The number of nitrogens with zero attached hydrogens (tertiary/aromatic N) is 1. The van der Waals surface area contributed by atoms with Gasteiger partial charge in [0.05, 0.1) is 6.26 Å². The quantitative estimate of drug-likeness (QED) is 0.515. The molecule has 0 aliphatic heterocycles. The van der Waals surface area contributed by atoms with Crippen molar-refractivity contribution in [2.24, 2.45) is 5.73 Å². The van der Waals surface area contributed by atoms with E-state index in [-0.39, 0.29) is 13.1 Å². The van der Waals surface area contributed by atoms with Crippen LogP contribution in [0.3, 0.4) is 0 Å². The summed E-state index contributed by atoms with van der Waals surface area (Å²) >= 11 is 0. The fourth-order valence-electron chi connectivity index (χ4n) is 0.219. The van der Waals surface area contributed by atoms with Crippen molar-refractivity contribution in [2.75, 3.05) is 19.3 Å². The summed E-state index contributed by atoms with van der Waals surface area (Å²) < 4.78 is 23.6. The van der Waals surface area contributed by atoms with E-state index >= 15 is 0 Å². The molecular formula is C3H9N2O2S. The van der Waals surface area contributed by atoms with E-state index < -0.39 is 10.0 Å². The molecule has 0 rings (SSSR count). The fourth-order valence-corrected chi connectivity index (χ4v) is 0.656. The molecule has 8 heavy (non-hydrogen) atoms. The second-order valence-electron chi connectivity index (χ2n) is 1.37. The molecule has 49 valence electrons. The van der Waals surface area contributed by atoms with E-state index in [9.17, 15) is 8.42 Å². The van der Waals surface area contributed by atoms with Crippen molar-refractivity contribution in [1.29, 1.82) is 0 Å². The summed E-state index contributed by atoms with van der Waals surface area (Å²) in [5.41, 5.74) is 4.98. The van der Waals surface area contributed by atoms with Gasteiger partial charge in [0.1, 0.15) is 0 Å². The van der Waals surface area contributed by atoms with Crippen LogP contribution < -0.4 is 10.5 Å². The lowest BCUT2D eigenvalue weighted by atomic mass is 10.7. The minimum atomic E-state index is -3.14. The monoisotopic (exact) mass is 137 g/mol. The Bertz CT molecular complexity index is 139. The average Bonchev–Trinajstić information content (AvgIpc) is 1.59. The van der Waals surface area contributed by atoms with Crippen LogP contribution in [0.4, 0.5) is 0 Å². The zero-order valence-corrected chi connectivity index (χ0v) is 5.48. The number of hydrogen-bond donors (Lipinski definition) is 1. The molecule has 0 fully saturated rings. The Hall–Kier alpha value is -0.130. The topological polar surface area (TPSA) is 74.3 Å². The van der Waals surface area contributed by atoms with Crippen molar-refractivity contribution in [2.45, 2.75) is 0 Å². The van der Waals surface area contributed by atoms with Gasteiger partial charge in [-0.2, -0.15) is 0 Å². The van der Waals surface area contributed by atoms with Gasteiger partial charge in [-0.3, -0.25) is 0 Å². The lowest BCUT2D eigenvalue weighted by Crippen LogP contribution is -2.21. The van der Waals surface area contributed by atoms with Crippen LogP contribution in [-0.4, -0.2) is 27.8 Å². The van der Waals surface area contributed by atoms with Gasteiger partial charge in [0.15, 0.2) is 0 Å². The van der Waals surface area contributed by atoms with E-state index in [0.717, 1.165) is 6.26 Å². The third kappa shape index (κ3) is 5.87. The summed E-state index contributed by atoms with van der Waals surface area (Å²) in [5, 5.41) is 0. The zero-order chi connectivity index (χ0) is 6.62. The maximum Gasteiger partial charge on any atom is 0.225 e. The summed E-state index contributed by atoms with van der Waals surface area (Å²) in [7, 11) is -3.14. The molecule has 0 aromatic heterocycles. The summed E-state index contributed by atoms with van der Waals surface area (Å²) in [6, 6.07) is 0. The molecule has 0 unspecified atom stereocenters. The number of nitrogens with two attached hydrogens (primary N) is 1. The lowest BCUT2D eigenvalue weighted by Gasteiger charge is -1.92. The average molecular weight is 137 g/mol. The maximum atomic E-state index is 10.2. The first-order chi connectivity index (χ1) is 3.56. The smallest absolute Gasteiger partial charge is 0.225 e. The Morgan fingerprint density at radius 1 is 1.62 bits per heavy atom. The highest BCUT2D eigenvalue weighted by Gasteiger charge is 1.97. The van der Waals surface area contributed by atoms with Gasteiger partial charge in [0.25, 0.3) is 0 Å². The number of rotatable bonds is 3. The molecule has 0 aromatic carbocycles. The first-order valence-corrected chi connectivity index (χ1v) is 4.00. The van der Waals surface area contributed by atoms with Gasteiger partial charge in [0, 0.05) is 13.1 Å². The second-order valence-corrected chi connectivity index (χ2v) is 3.10. The van der Waals surface area contributed by atoms with Gasteiger partial charge in [-0.15, -0.1) is 4.72 Å². The molecule has 0 bridgehead atoms. The molecule has 0 heterocycles. The Kier molecular flexibility index (Phi) is 2.96. The second kappa shape index (κ2) is 3.01. The molecule has 0 spiro atoms. The Morgan fingerprint density at radius 2 is 2.12 bits per heavy atom. The van der Waals surface area contributed by atoms with E-state index in [1.165, 1.54) is 0 Å². The van der Waals surface area contributed by atoms with E-state index in [2.05, 4.69) is 4.72 Å². The molecule has 0 aromatic rings. The molecule has 0 atom stereocenters. The van der Waals surface area contributed by atoms with Crippen molar-refractivity contribution in [3.8, 4) is 0 Å². The predicted octanol–water partition coefficient (Wildman–Crippen LogP) is -1.49. The van der Waals surface area contributed by atoms with Gasteiger partial charge in [-0.05, 0) is 0 Å². The summed E-state index contributed by atoms with van der Waals surface area (Å²) in [6.07, 6.45) is 1.04. The van der Waals surface area contributed by atoms with Gasteiger partial charge < -0.3 is 5.73 Å². The largest absolute Gasteiger partial charge is 0.329 e. The molecule has 0 aliphatic rings. The third-order valence-corrected chi connectivity index (χ3v) is 1.11. The standard InChI is InChI=1S/C3H9N2O2S/c1-8(6,7)5-3-2-4/h2-4H2,1H3. The molecule has 4 nitrogen and oxygen atoms in total. The van der Waals surface area contributed by atoms with E-state index in [0.29, 0.717) is 0 Å². The summed E-state index contributed by atoms with van der Waals surface area (Å²) in [5.74, 6) is 0. The van der Waals surface area contributed by atoms with E-state index in [4.69, 9.17) is 5.73 Å². The Balaban J connectivity index is 3.42. The lowest BCUT2D eigenvalue weighted by molar-refractivity contribution is 0.587. The predicted molar refractivity (Wildman–Crippen MR) is 30.9 cm³/mol. The first-order valence-electron chi connectivity index (χ1n) is 2.15. The van der Waals surface area contributed by atoms with Gasteiger partial charge in [-0.1, -0.05) is 0 Å². The molecular weight excluding hydrogens is 128 g/mol. The highest BCUT2D eigenvalue weighted by molar-refractivity contribution is 7.88. The van der Waals surface area contributed by atoms with Crippen LogP contribution in [0.25, 0.3) is 0 Å². The Morgan fingerprint density at radius 3 is 2.25 bits per heavy atom. The van der Waals surface area contributed by atoms with E-state index in [1.54, 1.807) is 0 Å². The van der Waals surface area contributed by atoms with Crippen molar-refractivity contribution in [1.82, 2.24) is 4.72 Å². The van der Waals surface area contributed by atoms with Crippen LogP contribution in [0.15, 0.2) is 0 Å². The molecule has 2 N–H and O–H groups in total. The molecule has 0 amide bonds. The van der Waals surface area contributed by atoms with Gasteiger partial charge in [0.2, 0.25) is 10.0 Å². The normalized spacial score (nSPS) is 11.8. The summed E-state index contributed by atoms with van der Waals surface area (Å²) in [4.78, 5) is 0. The highest BCUT2D eigenvalue weighted by Crippen LogP contribution is 1.72. The van der Waals surface area contributed by atoms with Crippen molar-refractivity contribution in [3.63, 3.8) is 0 Å². The van der Waals surface area contributed by atoms with Crippen molar-refractivity contribution in [3.05, 3.63) is 0 Å². The zero-order valence-electron chi connectivity index (χ0n) is 4.66. The van der Waals surface area contributed by atoms with Gasteiger partial charge >= 0.3 is 0 Å². The third-order valence-electron chi connectivity index (χ3n) is 0.455. The van der Waals surface area contributed by atoms with Crippen molar-refractivity contribution >= 4 is 10.0 Å². The first kappa shape index (κ1) is 7.87. The SMILES string of the molecule is CS(=O)(=O)[N]CCN. The Labute approximate surface area is 49.1 Å². The molecule has 0 aliphatic carbocycles. The number of hydrogen-bond acceptors (Lipinski definition) is 3. The molecule has 1 radical (unpaired) electrons. The molecule has 0 saturated carbocycles. The van der Waals surface area contributed by atoms with Crippen LogP contribution in [0, 0.1) is 0 Å². The molecule has 0 saturated heterocycles. The highest BCUT2D eigenvalue weighted by atomic mass is 32.2. The molecule has 5 heteroatoms. The van der Waals surface area contributed by atoms with Crippen LogP contribution in [0.2, 0.25) is 0 Å². The van der Waals surface area contributed by atoms with E-state index in [1.807, 2.05) is 0 Å². The van der Waals surface area contributed by atoms with Crippen LogP contribution in [-0.2, 0) is 10.0 Å². The van der Waals surface area contributed by atoms with Gasteiger partial charge in [-0.25, -0.2) is 8.42 Å². The summed E-state index contributed by atoms with van der Waals surface area (Å²) in [6.45, 7) is 0.478. The minimum absolute atomic E-state index is 0.193. The maximum absolute atomic E-state index is 10.2. The minimum Gasteiger partial charge on any atom is -0.329 e. The van der Waals surface area contributed by atoms with Crippen LogP contribution in [0.1, 0.15) is 0 Å². The van der Waals surface area contributed by atoms with Crippen molar-refractivity contribution < 1.29 is 8.42 Å². The number of sulfonamides is 1.